The Bertz CT molecular complexity index is 839. The van der Waals surface area contributed by atoms with Gasteiger partial charge in [0.1, 0.15) is 4.88 Å². The Morgan fingerprint density at radius 3 is 2.74 bits per heavy atom. The van der Waals surface area contributed by atoms with Crippen molar-refractivity contribution in [1.82, 2.24) is 15.0 Å². The first-order valence-electron chi connectivity index (χ1n) is 9.05. The van der Waals surface area contributed by atoms with Crippen molar-refractivity contribution in [3.63, 3.8) is 0 Å². The second-order valence-corrected chi connectivity index (χ2v) is 8.07. The van der Waals surface area contributed by atoms with Gasteiger partial charge in [-0.15, -0.1) is 0 Å². The molecule has 4 N–H and O–H groups in total. The zero-order valence-electron chi connectivity index (χ0n) is 15.1. The maximum atomic E-state index is 12.6. The van der Waals surface area contributed by atoms with Gasteiger partial charge in [-0.05, 0) is 41.9 Å². The molecule has 1 aromatic carbocycles. The SMILES string of the molecule is CC1CCCCC1NC(=O)c1snc(C(=O)NCc2ccccc2Cl)c1N. The summed E-state index contributed by atoms with van der Waals surface area (Å²) in [6.07, 6.45) is 4.39. The molecule has 1 aliphatic carbocycles. The highest BCUT2D eigenvalue weighted by atomic mass is 35.5. The monoisotopic (exact) mass is 406 g/mol. The molecular weight excluding hydrogens is 384 g/mol. The average molecular weight is 407 g/mol. The summed E-state index contributed by atoms with van der Waals surface area (Å²) in [5.74, 6) is -0.238. The van der Waals surface area contributed by atoms with Gasteiger partial charge in [0.05, 0.1) is 5.69 Å². The highest BCUT2D eigenvalue weighted by Crippen LogP contribution is 2.26. The van der Waals surface area contributed by atoms with Crippen LogP contribution in [0.5, 0.6) is 0 Å². The fourth-order valence-corrected chi connectivity index (χ4v) is 4.19. The van der Waals surface area contributed by atoms with Gasteiger partial charge in [-0.1, -0.05) is 49.6 Å². The first-order valence-corrected chi connectivity index (χ1v) is 10.2. The maximum Gasteiger partial charge on any atom is 0.273 e. The van der Waals surface area contributed by atoms with Crippen molar-refractivity contribution in [2.45, 2.75) is 45.2 Å². The fourth-order valence-electron chi connectivity index (χ4n) is 3.29. The van der Waals surface area contributed by atoms with Crippen molar-refractivity contribution in [3.05, 3.63) is 45.4 Å². The predicted molar refractivity (Wildman–Crippen MR) is 108 cm³/mol. The number of benzene rings is 1. The molecule has 0 bridgehead atoms. The molecular formula is C19H23ClN4O2S. The van der Waals surface area contributed by atoms with Crippen LogP contribution in [0.2, 0.25) is 5.02 Å². The van der Waals surface area contributed by atoms with Crippen molar-refractivity contribution in [3.8, 4) is 0 Å². The largest absolute Gasteiger partial charge is 0.395 e. The number of nitrogens with one attached hydrogen (secondary N) is 2. The molecule has 0 radical (unpaired) electrons. The lowest BCUT2D eigenvalue weighted by atomic mass is 9.86. The number of carbonyl (C=O) groups is 2. The zero-order chi connectivity index (χ0) is 19.4. The van der Waals surface area contributed by atoms with E-state index in [1.54, 1.807) is 6.07 Å². The molecule has 2 aromatic rings. The van der Waals surface area contributed by atoms with E-state index in [9.17, 15) is 9.59 Å². The van der Waals surface area contributed by atoms with Gasteiger partial charge in [0, 0.05) is 17.6 Å². The van der Waals surface area contributed by atoms with Crippen LogP contribution < -0.4 is 16.4 Å². The van der Waals surface area contributed by atoms with Crippen molar-refractivity contribution in [2.24, 2.45) is 5.92 Å². The number of halogens is 1. The molecule has 1 heterocycles. The van der Waals surface area contributed by atoms with Gasteiger partial charge in [0.15, 0.2) is 5.69 Å². The minimum atomic E-state index is -0.422. The van der Waals surface area contributed by atoms with Crippen LogP contribution in [-0.4, -0.2) is 22.2 Å². The summed E-state index contributed by atoms with van der Waals surface area (Å²) in [4.78, 5) is 25.3. The first kappa shape index (κ1) is 19.6. The zero-order valence-corrected chi connectivity index (χ0v) is 16.7. The van der Waals surface area contributed by atoms with Gasteiger partial charge in [0.2, 0.25) is 0 Å². The van der Waals surface area contributed by atoms with Crippen LogP contribution in [0.3, 0.4) is 0 Å². The molecule has 0 saturated heterocycles. The van der Waals surface area contributed by atoms with Crippen molar-refractivity contribution in [2.75, 3.05) is 5.73 Å². The molecule has 1 saturated carbocycles. The molecule has 3 rings (SSSR count). The molecule has 1 aliphatic rings. The molecule has 8 heteroatoms. The highest BCUT2D eigenvalue weighted by Gasteiger charge is 2.27. The van der Waals surface area contributed by atoms with E-state index in [1.807, 2.05) is 18.2 Å². The van der Waals surface area contributed by atoms with Crippen LogP contribution in [0.1, 0.15) is 58.3 Å². The normalized spacial score (nSPS) is 19.5. The second-order valence-electron chi connectivity index (χ2n) is 6.89. The van der Waals surface area contributed by atoms with Gasteiger partial charge in [0.25, 0.3) is 11.8 Å². The third kappa shape index (κ3) is 4.59. The molecule has 27 heavy (non-hydrogen) atoms. The molecule has 0 spiro atoms. The standard InChI is InChI=1S/C19H23ClN4O2S/c1-11-6-2-5-9-14(11)23-19(26)17-15(21)16(24-27-17)18(25)22-10-12-7-3-4-8-13(12)20/h3-4,7-8,11,14H,2,5-6,9-10,21H2,1H3,(H,22,25)(H,23,26). The summed E-state index contributed by atoms with van der Waals surface area (Å²) in [5.41, 5.74) is 7.04. The molecule has 0 aliphatic heterocycles. The average Bonchev–Trinajstić information content (AvgIpc) is 3.04. The van der Waals surface area contributed by atoms with Crippen LogP contribution in [-0.2, 0) is 6.54 Å². The van der Waals surface area contributed by atoms with Gasteiger partial charge >= 0.3 is 0 Å². The second kappa shape index (κ2) is 8.71. The summed E-state index contributed by atoms with van der Waals surface area (Å²) in [5, 5.41) is 6.37. The third-order valence-corrected chi connectivity index (χ3v) is 6.20. The Morgan fingerprint density at radius 2 is 2.00 bits per heavy atom. The minimum Gasteiger partial charge on any atom is -0.395 e. The van der Waals surface area contributed by atoms with Gasteiger partial charge in [-0.25, -0.2) is 0 Å². The Labute approximate surface area is 167 Å². The van der Waals surface area contributed by atoms with E-state index in [1.165, 1.54) is 6.42 Å². The van der Waals surface area contributed by atoms with E-state index in [0.717, 1.165) is 36.4 Å². The van der Waals surface area contributed by atoms with Crippen LogP contribution in [0.25, 0.3) is 0 Å². The first-order chi connectivity index (χ1) is 13.0. The van der Waals surface area contributed by atoms with Crippen LogP contribution in [0.4, 0.5) is 5.69 Å². The lowest BCUT2D eigenvalue weighted by molar-refractivity contribution is 0.0915. The van der Waals surface area contributed by atoms with E-state index in [4.69, 9.17) is 17.3 Å². The van der Waals surface area contributed by atoms with Gasteiger partial charge < -0.3 is 16.4 Å². The number of nitrogen functional groups attached to an aromatic ring is 1. The maximum absolute atomic E-state index is 12.6. The Hall–Kier alpha value is -2.12. The van der Waals surface area contributed by atoms with Crippen molar-refractivity contribution < 1.29 is 9.59 Å². The van der Waals surface area contributed by atoms with Gasteiger partial charge in [-0.2, -0.15) is 4.37 Å². The molecule has 2 unspecified atom stereocenters. The number of nitrogens with two attached hydrogens (primary N) is 1. The molecule has 1 fully saturated rings. The third-order valence-electron chi connectivity index (χ3n) is 4.97. The summed E-state index contributed by atoms with van der Waals surface area (Å²) in [6, 6.07) is 7.40. The number of amides is 2. The quantitative estimate of drug-likeness (QED) is 0.706. The van der Waals surface area contributed by atoms with E-state index in [0.29, 0.717) is 10.9 Å². The van der Waals surface area contributed by atoms with E-state index in [-0.39, 0.29) is 34.8 Å². The summed E-state index contributed by atoms with van der Waals surface area (Å²) < 4.78 is 4.09. The number of hydrogen-bond acceptors (Lipinski definition) is 5. The van der Waals surface area contributed by atoms with Crippen LogP contribution >= 0.6 is 23.1 Å². The van der Waals surface area contributed by atoms with Crippen LogP contribution in [0, 0.1) is 5.92 Å². The lowest BCUT2D eigenvalue weighted by Gasteiger charge is -2.29. The molecule has 144 valence electrons. The van der Waals surface area contributed by atoms with Crippen molar-refractivity contribution >= 4 is 40.6 Å². The predicted octanol–water partition coefficient (Wildman–Crippen LogP) is 3.62. The molecule has 2 atom stereocenters. The summed E-state index contributed by atoms with van der Waals surface area (Å²) in [7, 11) is 0. The number of carbonyl (C=O) groups excluding carboxylic acids is 2. The summed E-state index contributed by atoms with van der Waals surface area (Å²) in [6.45, 7) is 2.41. The molecule has 2 amide bonds. The Kier molecular flexibility index (Phi) is 6.34. The summed E-state index contributed by atoms with van der Waals surface area (Å²) >= 11 is 7.05. The molecule has 6 nitrogen and oxygen atoms in total. The number of rotatable bonds is 5. The van der Waals surface area contributed by atoms with Crippen LogP contribution in [0.15, 0.2) is 24.3 Å². The van der Waals surface area contributed by atoms with E-state index in [2.05, 4.69) is 21.9 Å². The Morgan fingerprint density at radius 1 is 1.26 bits per heavy atom. The minimum absolute atomic E-state index is 0.0777. The topological polar surface area (TPSA) is 97.1 Å². The van der Waals surface area contributed by atoms with E-state index < -0.39 is 5.91 Å². The van der Waals surface area contributed by atoms with Crippen molar-refractivity contribution in [1.29, 1.82) is 0 Å². The Balaban J connectivity index is 1.64. The number of aromatic nitrogens is 1. The number of anilines is 1. The highest BCUT2D eigenvalue weighted by molar-refractivity contribution is 7.09. The number of hydrogen-bond donors (Lipinski definition) is 3. The smallest absolute Gasteiger partial charge is 0.273 e. The molecule has 1 aromatic heterocycles. The lowest BCUT2D eigenvalue weighted by Crippen LogP contribution is -2.41. The van der Waals surface area contributed by atoms with E-state index >= 15 is 0 Å². The number of nitrogens with zero attached hydrogens (tertiary/aromatic N) is 1. The van der Waals surface area contributed by atoms with Gasteiger partial charge in [-0.3, -0.25) is 9.59 Å². The fraction of sp³-hybridized carbons (Fsp3) is 0.421.